The molecule has 0 unspecified atom stereocenters. The Labute approximate surface area is 135 Å². The molecule has 0 bridgehead atoms. The predicted molar refractivity (Wildman–Crippen MR) is 79.5 cm³/mol. The first-order chi connectivity index (χ1) is 11.2. The molecule has 126 valence electrons. The highest BCUT2D eigenvalue weighted by Crippen LogP contribution is 2.45. The number of ether oxygens (including phenoxy) is 2. The Bertz CT molecular complexity index is 782. The Morgan fingerprint density at radius 1 is 0.833 bits per heavy atom. The van der Waals surface area contributed by atoms with Gasteiger partial charge in [-0.15, -0.1) is 0 Å². The van der Waals surface area contributed by atoms with Crippen LogP contribution >= 0.6 is 0 Å². The number of hydrogen-bond acceptors (Lipinski definition) is 4. The number of esters is 2. The lowest BCUT2D eigenvalue weighted by atomic mass is 9.97. The van der Waals surface area contributed by atoms with E-state index in [1.807, 2.05) is 0 Å². The Morgan fingerprint density at radius 2 is 1.38 bits per heavy atom. The maximum atomic E-state index is 13.4. The minimum Gasteiger partial charge on any atom is -0.426 e. The Morgan fingerprint density at radius 3 is 1.96 bits per heavy atom. The maximum absolute atomic E-state index is 13.4. The second-order valence-electron chi connectivity index (χ2n) is 4.86. The highest BCUT2D eigenvalue weighted by Gasteiger charge is 2.36. The number of rotatable bonds is 3. The molecule has 0 amide bonds. The van der Waals surface area contributed by atoms with Crippen molar-refractivity contribution in [2.75, 3.05) is 0 Å². The summed E-state index contributed by atoms with van der Waals surface area (Å²) in [7, 11) is 0. The zero-order chi connectivity index (χ0) is 17.9. The number of halogens is 3. The topological polar surface area (TPSA) is 52.6 Å². The molecule has 0 N–H and O–H groups in total. The lowest BCUT2D eigenvalue weighted by Gasteiger charge is -2.18. The molecule has 0 aliphatic carbocycles. The van der Waals surface area contributed by atoms with Crippen LogP contribution in [0.5, 0.6) is 11.5 Å². The molecule has 2 aromatic carbocycles. The van der Waals surface area contributed by atoms with E-state index in [-0.39, 0.29) is 22.6 Å². The standard InChI is InChI=1S/C17H13F3O4/c1-10(21)23-14-8-4-3-6-12(14)16-13(17(18,19)20)7-5-9-15(16)24-11(2)22/h3-9H,1-2H3. The van der Waals surface area contributed by atoms with Crippen molar-refractivity contribution in [2.24, 2.45) is 0 Å². The summed E-state index contributed by atoms with van der Waals surface area (Å²) in [5, 5.41) is 0. The smallest absolute Gasteiger partial charge is 0.417 e. The van der Waals surface area contributed by atoms with Gasteiger partial charge in [-0.3, -0.25) is 9.59 Å². The molecular formula is C17H13F3O4. The van der Waals surface area contributed by atoms with E-state index in [0.29, 0.717) is 0 Å². The van der Waals surface area contributed by atoms with Crippen LogP contribution in [-0.2, 0) is 15.8 Å². The Balaban J connectivity index is 2.76. The Hall–Kier alpha value is -2.83. The predicted octanol–water partition coefficient (Wildman–Crippen LogP) is 4.22. The molecule has 0 atom stereocenters. The number of carbonyl (C=O) groups excluding carboxylic acids is 2. The quantitative estimate of drug-likeness (QED) is 0.621. The number of para-hydroxylation sites is 1. The molecule has 0 radical (unpaired) electrons. The van der Waals surface area contributed by atoms with Crippen LogP contribution in [0.1, 0.15) is 19.4 Å². The van der Waals surface area contributed by atoms with Gasteiger partial charge in [-0.25, -0.2) is 0 Å². The van der Waals surface area contributed by atoms with Gasteiger partial charge in [0.05, 0.1) is 5.56 Å². The zero-order valence-corrected chi connectivity index (χ0v) is 12.8. The van der Waals surface area contributed by atoms with Gasteiger partial charge in [-0.1, -0.05) is 24.3 Å². The van der Waals surface area contributed by atoms with Crippen molar-refractivity contribution in [2.45, 2.75) is 20.0 Å². The van der Waals surface area contributed by atoms with Crippen LogP contribution in [0.4, 0.5) is 13.2 Å². The molecule has 24 heavy (non-hydrogen) atoms. The van der Waals surface area contributed by atoms with Gasteiger partial charge in [0, 0.05) is 25.0 Å². The van der Waals surface area contributed by atoms with Crippen molar-refractivity contribution < 1.29 is 32.2 Å². The second-order valence-corrected chi connectivity index (χ2v) is 4.86. The van der Waals surface area contributed by atoms with Gasteiger partial charge in [0.25, 0.3) is 0 Å². The van der Waals surface area contributed by atoms with Crippen LogP contribution in [0.2, 0.25) is 0 Å². The molecule has 7 heteroatoms. The molecule has 2 aromatic rings. The van der Waals surface area contributed by atoms with Crippen LogP contribution < -0.4 is 9.47 Å². The van der Waals surface area contributed by atoms with Crippen molar-refractivity contribution in [3.05, 3.63) is 48.0 Å². The van der Waals surface area contributed by atoms with Gasteiger partial charge < -0.3 is 9.47 Å². The molecule has 0 heterocycles. The van der Waals surface area contributed by atoms with Crippen molar-refractivity contribution in [1.82, 2.24) is 0 Å². The Kier molecular flexibility index (Phi) is 4.92. The average molecular weight is 338 g/mol. The monoisotopic (exact) mass is 338 g/mol. The fourth-order valence-electron chi connectivity index (χ4n) is 2.20. The summed E-state index contributed by atoms with van der Waals surface area (Å²) >= 11 is 0. The van der Waals surface area contributed by atoms with Crippen molar-refractivity contribution in [1.29, 1.82) is 0 Å². The van der Waals surface area contributed by atoms with Crippen LogP contribution in [-0.4, -0.2) is 11.9 Å². The van der Waals surface area contributed by atoms with E-state index < -0.39 is 23.7 Å². The van der Waals surface area contributed by atoms with Crippen molar-refractivity contribution in [3.8, 4) is 22.6 Å². The van der Waals surface area contributed by atoms with Crippen molar-refractivity contribution in [3.63, 3.8) is 0 Å². The summed E-state index contributed by atoms with van der Waals surface area (Å²) < 4.78 is 50.1. The van der Waals surface area contributed by atoms with Gasteiger partial charge in [-0.2, -0.15) is 13.2 Å². The summed E-state index contributed by atoms with van der Waals surface area (Å²) in [4.78, 5) is 22.4. The molecule has 0 saturated carbocycles. The normalized spacial score (nSPS) is 11.0. The average Bonchev–Trinajstić information content (AvgIpc) is 2.46. The highest BCUT2D eigenvalue weighted by molar-refractivity contribution is 5.84. The number of benzene rings is 2. The first-order valence-corrected chi connectivity index (χ1v) is 6.86. The van der Waals surface area contributed by atoms with Crippen LogP contribution in [0, 0.1) is 0 Å². The molecule has 0 aliphatic rings. The van der Waals surface area contributed by atoms with Crippen LogP contribution in [0.3, 0.4) is 0 Å². The maximum Gasteiger partial charge on any atom is 0.417 e. The molecule has 0 aliphatic heterocycles. The number of carbonyl (C=O) groups is 2. The second kappa shape index (κ2) is 6.74. The number of alkyl halides is 3. The molecule has 2 rings (SSSR count). The summed E-state index contributed by atoms with van der Waals surface area (Å²) in [6, 6.07) is 8.98. The van der Waals surface area contributed by atoms with Gasteiger partial charge in [0.1, 0.15) is 11.5 Å². The van der Waals surface area contributed by atoms with E-state index in [4.69, 9.17) is 9.47 Å². The lowest BCUT2D eigenvalue weighted by molar-refractivity contribution is -0.138. The summed E-state index contributed by atoms with van der Waals surface area (Å²) in [5.74, 6) is -1.77. The largest absolute Gasteiger partial charge is 0.426 e. The van der Waals surface area contributed by atoms with E-state index in [2.05, 4.69) is 0 Å². The first-order valence-electron chi connectivity index (χ1n) is 6.86. The zero-order valence-electron chi connectivity index (χ0n) is 12.8. The van der Waals surface area contributed by atoms with E-state index >= 15 is 0 Å². The van der Waals surface area contributed by atoms with Gasteiger partial charge >= 0.3 is 18.1 Å². The molecule has 0 fully saturated rings. The molecule has 0 spiro atoms. The SMILES string of the molecule is CC(=O)Oc1ccccc1-c1c(OC(C)=O)cccc1C(F)(F)F. The fourth-order valence-corrected chi connectivity index (χ4v) is 2.20. The summed E-state index contributed by atoms with van der Waals surface area (Å²) in [6.07, 6.45) is -4.69. The number of hydrogen-bond donors (Lipinski definition) is 0. The molecule has 0 aromatic heterocycles. The highest BCUT2D eigenvalue weighted by atomic mass is 19.4. The van der Waals surface area contributed by atoms with Gasteiger partial charge in [0.15, 0.2) is 0 Å². The third-order valence-corrected chi connectivity index (χ3v) is 3.00. The molecule has 0 saturated heterocycles. The van der Waals surface area contributed by atoms with E-state index in [9.17, 15) is 22.8 Å². The van der Waals surface area contributed by atoms with E-state index in [0.717, 1.165) is 26.0 Å². The third-order valence-electron chi connectivity index (χ3n) is 3.00. The first kappa shape index (κ1) is 17.5. The lowest BCUT2D eigenvalue weighted by Crippen LogP contribution is -2.11. The van der Waals surface area contributed by atoms with Gasteiger partial charge in [-0.05, 0) is 18.2 Å². The molecular weight excluding hydrogens is 325 g/mol. The summed E-state index contributed by atoms with van der Waals surface area (Å²) in [5.41, 5.74) is -1.37. The van der Waals surface area contributed by atoms with Crippen LogP contribution in [0.15, 0.2) is 42.5 Å². The fraction of sp³-hybridized carbons (Fsp3) is 0.176. The minimum absolute atomic E-state index is 0.00289. The molecule has 4 nitrogen and oxygen atoms in total. The van der Waals surface area contributed by atoms with Crippen LogP contribution in [0.25, 0.3) is 11.1 Å². The third kappa shape index (κ3) is 3.92. The van der Waals surface area contributed by atoms with E-state index in [1.165, 1.54) is 30.3 Å². The minimum atomic E-state index is -4.69. The van der Waals surface area contributed by atoms with Gasteiger partial charge in [0.2, 0.25) is 0 Å². The summed E-state index contributed by atoms with van der Waals surface area (Å²) in [6.45, 7) is 2.22. The van der Waals surface area contributed by atoms with E-state index in [1.54, 1.807) is 0 Å². The van der Waals surface area contributed by atoms with Crippen molar-refractivity contribution >= 4 is 11.9 Å².